The third-order valence-corrected chi connectivity index (χ3v) is 4.28. The van der Waals surface area contributed by atoms with Gasteiger partial charge in [-0.15, -0.1) is 0 Å². The summed E-state index contributed by atoms with van der Waals surface area (Å²) in [5, 5.41) is 3.11. The van der Waals surface area contributed by atoms with Crippen molar-refractivity contribution in [1.82, 2.24) is 0 Å². The molecule has 3 nitrogen and oxygen atoms in total. The quantitative estimate of drug-likeness (QED) is 0.877. The fourth-order valence-electron chi connectivity index (χ4n) is 2.90. The van der Waals surface area contributed by atoms with Crippen molar-refractivity contribution in [2.45, 2.75) is 39.5 Å². The van der Waals surface area contributed by atoms with Crippen molar-refractivity contribution in [3.63, 3.8) is 0 Å². The van der Waals surface area contributed by atoms with E-state index in [2.05, 4.69) is 5.32 Å². The van der Waals surface area contributed by atoms with Gasteiger partial charge in [-0.3, -0.25) is 4.79 Å². The van der Waals surface area contributed by atoms with Crippen LogP contribution in [0, 0.1) is 25.7 Å². The van der Waals surface area contributed by atoms with Crippen molar-refractivity contribution in [3.05, 3.63) is 29.3 Å². The highest BCUT2D eigenvalue weighted by molar-refractivity contribution is 5.94. The molecule has 0 atom stereocenters. The van der Waals surface area contributed by atoms with Crippen LogP contribution in [-0.4, -0.2) is 12.5 Å². The number of hydrogen-bond donors (Lipinski definition) is 2. The number of aryl methyl sites for hydroxylation is 2. The lowest BCUT2D eigenvalue weighted by Crippen LogP contribution is -2.29. The molecule has 0 unspecified atom stereocenters. The van der Waals surface area contributed by atoms with Gasteiger partial charge in [-0.25, -0.2) is 0 Å². The first-order valence-corrected chi connectivity index (χ1v) is 7.19. The van der Waals surface area contributed by atoms with E-state index in [1.165, 1.54) is 0 Å². The topological polar surface area (TPSA) is 55.1 Å². The molecule has 2 rings (SSSR count). The highest BCUT2D eigenvalue weighted by atomic mass is 16.1. The number of para-hydroxylation sites is 1. The number of anilines is 1. The number of nitrogens with one attached hydrogen (secondary N) is 1. The molecule has 1 aliphatic carbocycles. The summed E-state index contributed by atoms with van der Waals surface area (Å²) in [6, 6.07) is 6.09. The average molecular weight is 260 g/mol. The lowest BCUT2D eigenvalue weighted by atomic mass is 9.81. The average Bonchev–Trinajstić information content (AvgIpc) is 2.43. The van der Waals surface area contributed by atoms with E-state index in [-0.39, 0.29) is 11.8 Å². The number of rotatable bonds is 3. The molecule has 0 saturated heterocycles. The van der Waals surface area contributed by atoms with Gasteiger partial charge in [0.1, 0.15) is 0 Å². The molecule has 0 aliphatic heterocycles. The molecule has 3 N–H and O–H groups in total. The van der Waals surface area contributed by atoms with Gasteiger partial charge in [0, 0.05) is 11.6 Å². The van der Waals surface area contributed by atoms with E-state index in [0.717, 1.165) is 49.0 Å². The van der Waals surface area contributed by atoms with Crippen LogP contribution in [0.1, 0.15) is 36.8 Å². The Labute approximate surface area is 115 Å². The minimum Gasteiger partial charge on any atom is -0.330 e. The van der Waals surface area contributed by atoms with Crippen molar-refractivity contribution in [2.24, 2.45) is 17.6 Å². The van der Waals surface area contributed by atoms with Crippen LogP contribution in [0.4, 0.5) is 5.69 Å². The molecule has 1 amide bonds. The first kappa shape index (κ1) is 14.1. The van der Waals surface area contributed by atoms with E-state index in [4.69, 9.17) is 5.73 Å². The molecule has 0 spiro atoms. The lowest BCUT2D eigenvalue weighted by Gasteiger charge is -2.27. The molecule has 0 heterocycles. The van der Waals surface area contributed by atoms with Crippen LogP contribution in [0.2, 0.25) is 0 Å². The number of carbonyl (C=O) groups excluding carboxylic acids is 1. The maximum atomic E-state index is 12.3. The van der Waals surface area contributed by atoms with Crippen LogP contribution < -0.4 is 11.1 Å². The van der Waals surface area contributed by atoms with Crippen LogP contribution in [-0.2, 0) is 4.79 Å². The zero-order chi connectivity index (χ0) is 13.8. The van der Waals surface area contributed by atoms with Crippen LogP contribution in [0.3, 0.4) is 0 Å². The highest BCUT2D eigenvalue weighted by Crippen LogP contribution is 2.29. The Bertz CT molecular complexity index is 428. The SMILES string of the molecule is Cc1cccc(C)c1NC(=O)C1CCC(CN)CC1. The van der Waals surface area contributed by atoms with E-state index in [9.17, 15) is 4.79 Å². The minimum atomic E-state index is 0.154. The van der Waals surface area contributed by atoms with Gasteiger partial charge in [0.05, 0.1) is 0 Å². The predicted octanol–water partition coefficient (Wildman–Crippen LogP) is 3.01. The number of benzene rings is 1. The normalized spacial score (nSPS) is 23.1. The second kappa shape index (κ2) is 6.20. The third kappa shape index (κ3) is 3.35. The largest absolute Gasteiger partial charge is 0.330 e. The standard InChI is InChI=1S/C16H24N2O/c1-11-4-3-5-12(2)15(11)18-16(19)14-8-6-13(10-17)7-9-14/h3-5,13-14H,6-10,17H2,1-2H3,(H,18,19). The fourth-order valence-corrected chi connectivity index (χ4v) is 2.90. The van der Waals surface area contributed by atoms with Crippen molar-refractivity contribution in [3.8, 4) is 0 Å². The molecule has 19 heavy (non-hydrogen) atoms. The lowest BCUT2D eigenvalue weighted by molar-refractivity contribution is -0.121. The second-order valence-electron chi connectivity index (χ2n) is 5.71. The monoisotopic (exact) mass is 260 g/mol. The zero-order valence-electron chi connectivity index (χ0n) is 11.9. The Balaban J connectivity index is 1.98. The van der Waals surface area contributed by atoms with E-state index in [1.54, 1.807) is 0 Å². The van der Waals surface area contributed by atoms with E-state index in [1.807, 2.05) is 32.0 Å². The molecular formula is C16H24N2O. The molecule has 3 heteroatoms. The first-order valence-electron chi connectivity index (χ1n) is 7.19. The van der Waals surface area contributed by atoms with Gasteiger partial charge in [-0.1, -0.05) is 18.2 Å². The van der Waals surface area contributed by atoms with Gasteiger partial charge >= 0.3 is 0 Å². The maximum absolute atomic E-state index is 12.3. The van der Waals surface area contributed by atoms with Crippen LogP contribution in [0.5, 0.6) is 0 Å². The Morgan fingerprint density at radius 3 is 2.32 bits per heavy atom. The van der Waals surface area contributed by atoms with Gasteiger partial charge in [0.25, 0.3) is 0 Å². The summed E-state index contributed by atoms with van der Waals surface area (Å²) in [6.07, 6.45) is 4.11. The summed E-state index contributed by atoms with van der Waals surface area (Å²) in [6.45, 7) is 4.83. The van der Waals surface area contributed by atoms with Crippen LogP contribution in [0.25, 0.3) is 0 Å². The van der Waals surface area contributed by atoms with Gasteiger partial charge in [-0.2, -0.15) is 0 Å². The van der Waals surface area contributed by atoms with Crippen molar-refractivity contribution in [2.75, 3.05) is 11.9 Å². The smallest absolute Gasteiger partial charge is 0.227 e. The zero-order valence-corrected chi connectivity index (χ0v) is 11.9. The van der Waals surface area contributed by atoms with Gasteiger partial charge in [0.2, 0.25) is 5.91 Å². The van der Waals surface area contributed by atoms with E-state index in [0.29, 0.717) is 5.92 Å². The molecule has 0 bridgehead atoms. The first-order chi connectivity index (χ1) is 9.11. The van der Waals surface area contributed by atoms with E-state index >= 15 is 0 Å². The Hall–Kier alpha value is -1.35. The van der Waals surface area contributed by atoms with Crippen molar-refractivity contribution in [1.29, 1.82) is 0 Å². The Morgan fingerprint density at radius 1 is 1.21 bits per heavy atom. The molecule has 1 aromatic carbocycles. The van der Waals surface area contributed by atoms with Crippen LogP contribution in [0.15, 0.2) is 18.2 Å². The number of nitrogens with two attached hydrogens (primary N) is 1. The summed E-state index contributed by atoms with van der Waals surface area (Å²) in [5.74, 6) is 0.943. The number of hydrogen-bond acceptors (Lipinski definition) is 2. The van der Waals surface area contributed by atoms with Gasteiger partial charge in [0.15, 0.2) is 0 Å². The van der Waals surface area contributed by atoms with Gasteiger partial charge < -0.3 is 11.1 Å². The Morgan fingerprint density at radius 2 is 1.79 bits per heavy atom. The molecule has 1 aromatic rings. The summed E-state index contributed by atoms with van der Waals surface area (Å²) in [5.41, 5.74) is 8.92. The highest BCUT2D eigenvalue weighted by Gasteiger charge is 2.26. The molecule has 0 aromatic heterocycles. The molecule has 1 saturated carbocycles. The number of carbonyl (C=O) groups is 1. The summed E-state index contributed by atoms with van der Waals surface area (Å²) in [4.78, 5) is 12.3. The molecule has 104 valence electrons. The van der Waals surface area contributed by atoms with Gasteiger partial charge in [-0.05, 0) is 63.1 Å². The van der Waals surface area contributed by atoms with Crippen LogP contribution >= 0.6 is 0 Å². The minimum absolute atomic E-state index is 0.154. The van der Waals surface area contributed by atoms with Crippen molar-refractivity contribution < 1.29 is 4.79 Å². The second-order valence-corrected chi connectivity index (χ2v) is 5.71. The van der Waals surface area contributed by atoms with E-state index < -0.39 is 0 Å². The van der Waals surface area contributed by atoms with Crippen molar-refractivity contribution >= 4 is 11.6 Å². The fraction of sp³-hybridized carbons (Fsp3) is 0.562. The molecule has 1 aliphatic rings. The summed E-state index contributed by atoms with van der Waals surface area (Å²) < 4.78 is 0. The third-order valence-electron chi connectivity index (χ3n) is 4.28. The maximum Gasteiger partial charge on any atom is 0.227 e. The summed E-state index contributed by atoms with van der Waals surface area (Å²) >= 11 is 0. The Kier molecular flexibility index (Phi) is 4.59. The summed E-state index contributed by atoms with van der Waals surface area (Å²) in [7, 11) is 0. The molecular weight excluding hydrogens is 236 g/mol. The predicted molar refractivity (Wildman–Crippen MR) is 79.0 cm³/mol. The number of amides is 1. The molecule has 1 fully saturated rings. The molecule has 0 radical (unpaired) electrons.